The molecule has 1 saturated heterocycles. The molecule has 28 heavy (non-hydrogen) atoms. The quantitative estimate of drug-likeness (QED) is 0.399. The third kappa shape index (κ3) is 4.49. The number of imide groups is 1. The van der Waals surface area contributed by atoms with Gasteiger partial charge < -0.3 is 9.47 Å². The maximum Gasteiger partial charge on any atom is 0.293 e. The lowest BCUT2D eigenvalue weighted by molar-refractivity contribution is -0.123. The molecular formula is C20H17FINO4S. The molecule has 0 bridgehead atoms. The topological polar surface area (TPSA) is 55.8 Å². The van der Waals surface area contributed by atoms with Gasteiger partial charge in [0.25, 0.3) is 11.1 Å². The Morgan fingerprint density at radius 2 is 1.93 bits per heavy atom. The fourth-order valence-corrected chi connectivity index (χ4v) is 4.38. The molecule has 0 saturated carbocycles. The van der Waals surface area contributed by atoms with Gasteiger partial charge in [0.1, 0.15) is 5.82 Å². The summed E-state index contributed by atoms with van der Waals surface area (Å²) in [6, 6.07) is 9.36. The van der Waals surface area contributed by atoms with Crippen molar-refractivity contribution in [1.82, 2.24) is 4.90 Å². The van der Waals surface area contributed by atoms with Gasteiger partial charge >= 0.3 is 0 Å². The summed E-state index contributed by atoms with van der Waals surface area (Å²) in [6.45, 7) is 2.45. The zero-order valence-corrected chi connectivity index (χ0v) is 18.2. The van der Waals surface area contributed by atoms with Crippen LogP contribution in [0.4, 0.5) is 9.18 Å². The third-order valence-electron chi connectivity index (χ3n) is 3.96. The Hall–Kier alpha value is -2.07. The molecule has 2 amide bonds. The molecule has 0 atom stereocenters. The summed E-state index contributed by atoms with van der Waals surface area (Å²) in [4.78, 5) is 26.5. The van der Waals surface area contributed by atoms with Crippen molar-refractivity contribution in [2.75, 3.05) is 13.7 Å². The SMILES string of the molecule is CCOc1cc(/C=C2\SC(=O)N(Cc3ccc(F)cc3)C2=O)cc(I)c1OC. The van der Waals surface area contributed by atoms with Gasteiger partial charge in [-0.05, 0) is 82.7 Å². The van der Waals surface area contributed by atoms with E-state index in [1.54, 1.807) is 31.4 Å². The number of ether oxygens (including phenoxy) is 2. The van der Waals surface area contributed by atoms with Gasteiger partial charge in [-0.25, -0.2) is 4.39 Å². The number of carbonyl (C=O) groups is 2. The van der Waals surface area contributed by atoms with Crippen LogP contribution in [0, 0.1) is 9.39 Å². The van der Waals surface area contributed by atoms with E-state index < -0.39 is 0 Å². The van der Waals surface area contributed by atoms with E-state index in [9.17, 15) is 14.0 Å². The predicted molar refractivity (Wildman–Crippen MR) is 115 cm³/mol. The normalized spacial score (nSPS) is 15.4. The van der Waals surface area contributed by atoms with Crippen LogP contribution in [-0.2, 0) is 11.3 Å². The number of nitrogens with zero attached hydrogens (tertiary/aromatic N) is 1. The molecule has 3 rings (SSSR count). The van der Waals surface area contributed by atoms with Crippen molar-refractivity contribution in [3.63, 3.8) is 0 Å². The van der Waals surface area contributed by atoms with Crippen molar-refractivity contribution >= 4 is 51.6 Å². The molecule has 5 nitrogen and oxygen atoms in total. The predicted octanol–water partition coefficient (Wildman–Crippen LogP) is 5.07. The number of thioether (sulfide) groups is 1. The summed E-state index contributed by atoms with van der Waals surface area (Å²) in [5.41, 5.74) is 1.42. The summed E-state index contributed by atoms with van der Waals surface area (Å²) < 4.78 is 24.9. The number of hydrogen-bond acceptors (Lipinski definition) is 5. The van der Waals surface area contributed by atoms with Gasteiger partial charge in [0.05, 0.1) is 28.7 Å². The van der Waals surface area contributed by atoms with E-state index >= 15 is 0 Å². The first-order valence-electron chi connectivity index (χ1n) is 8.43. The molecule has 0 aromatic heterocycles. The van der Waals surface area contributed by atoms with Gasteiger partial charge in [0.2, 0.25) is 0 Å². The smallest absolute Gasteiger partial charge is 0.293 e. The molecule has 0 aliphatic carbocycles. The summed E-state index contributed by atoms with van der Waals surface area (Å²) >= 11 is 3.02. The van der Waals surface area contributed by atoms with E-state index in [1.165, 1.54) is 12.1 Å². The van der Waals surface area contributed by atoms with Gasteiger partial charge in [0.15, 0.2) is 11.5 Å². The molecule has 1 aliphatic rings. The second-order valence-corrected chi connectivity index (χ2v) is 8.02. The molecule has 0 spiro atoms. The van der Waals surface area contributed by atoms with Crippen molar-refractivity contribution < 1.29 is 23.5 Å². The summed E-state index contributed by atoms with van der Waals surface area (Å²) in [7, 11) is 1.57. The number of carbonyl (C=O) groups excluding carboxylic acids is 2. The number of amides is 2. The second-order valence-electron chi connectivity index (χ2n) is 5.86. The summed E-state index contributed by atoms with van der Waals surface area (Å²) in [6.07, 6.45) is 1.67. The van der Waals surface area contributed by atoms with E-state index in [4.69, 9.17) is 9.47 Å². The number of benzene rings is 2. The van der Waals surface area contributed by atoms with Crippen molar-refractivity contribution in [3.05, 3.63) is 61.8 Å². The molecule has 2 aromatic carbocycles. The first kappa shape index (κ1) is 20.7. The van der Waals surface area contributed by atoms with E-state index in [-0.39, 0.29) is 23.5 Å². The highest BCUT2D eigenvalue weighted by atomic mass is 127. The lowest BCUT2D eigenvalue weighted by atomic mass is 10.1. The molecule has 2 aromatic rings. The largest absolute Gasteiger partial charge is 0.492 e. The average Bonchev–Trinajstić information content (AvgIpc) is 2.91. The Labute approximate surface area is 180 Å². The van der Waals surface area contributed by atoms with E-state index in [1.807, 2.05) is 13.0 Å². The summed E-state index contributed by atoms with van der Waals surface area (Å²) in [5, 5.41) is -0.353. The Kier molecular flexibility index (Phi) is 6.61. The molecule has 0 N–H and O–H groups in total. The van der Waals surface area contributed by atoms with Gasteiger partial charge in [-0.3, -0.25) is 14.5 Å². The Morgan fingerprint density at radius 3 is 2.57 bits per heavy atom. The summed E-state index contributed by atoms with van der Waals surface area (Å²) in [5.74, 6) is 0.470. The minimum absolute atomic E-state index is 0.104. The minimum Gasteiger partial charge on any atom is -0.492 e. The molecular weight excluding hydrogens is 496 g/mol. The van der Waals surface area contributed by atoms with Crippen LogP contribution in [0.2, 0.25) is 0 Å². The zero-order valence-electron chi connectivity index (χ0n) is 15.2. The fourth-order valence-electron chi connectivity index (χ4n) is 2.69. The van der Waals surface area contributed by atoms with Gasteiger partial charge in [0, 0.05) is 0 Å². The first-order valence-corrected chi connectivity index (χ1v) is 10.3. The zero-order chi connectivity index (χ0) is 20.3. The molecule has 1 heterocycles. The maximum atomic E-state index is 13.1. The van der Waals surface area contributed by atoms with Crippen molar-refractivity contribution in [2.45, 2.75) is 13.5 Å². The van der Waals surface area contributed by atoms with Crippen LogP contribution in [0.5, 0.6) is 11.5 Å². The maximum absolute atomic E-state index is 13.1. The van der Waals surface area contributed by atoms with E-state index in [2.05, 4.69) is 22.6 Å². The minimum atomic E-state index is -0.372. The number of hydrogen-bond donors (Lipinski definition) is 0. The van der Waals surface area contributed by atoms with Gasteiger partial charge in [-0.1, -0.05) is 12.1 Å². The van der Waals surface area contributed by atoms with Crippen LogP contribution in [0.1, 0.15) is 18.1 Å². The van der Waals surface area contributed by atoms with E-state index in [0.29, 0.717) is 28.6 Å². The third-order valence-corrected chi connectivity index (χ3v) is 5.67. The van der Waals surface area contributed by atoms with Crippen molar-refractivity contribution in [2.24, 2.45) is 0 Å². The Balaban J connectivity index is 1.86. The van der Waals surface area contributed by atoms with Crippen LogP contribution in [0.3, 0.4) is 0 Å². The van der Waals surface area contributed by atoms with Crippen molar-refractivity contribution in [3.8, 4) is 11.5 Å². The molecule has 0 radical (unpaired) electrons. The highest BCUT2D eigenvalue weighted by Crippen LogP contribution is 2.37. The van der Waals surface area contributed by atoms with Gasteiger partial charge in [-0.2, -0.15) is 0 Å². The molecule has 1 aliphatic heterocycles. The van der Waals surface area contributed by atoms with Crippen LogP contribution < -0.4 is 9.47 Å². The number of halogens is 2. The van der Waals surface area contributed by atoms with Crippen LogP contribution in [-0.4, -0.2) is 29.8 Å². The van der Waals surface area contributed by atoms with Crippen LogP contribution in [0.15, 0.2) is 41.3 Å². The number of methoxy groups -OCH3 is 1. The monoisotopic (exact) mass is 513 g/mol. The average molecular weight is 513 g/mol. The molecule has 1 fully saturated rings. The number of rotatable bonds is 6. The van der Waals surface area contributed by atoms with Crippen LogP contribution >= 0.6 is 34.4 Å². The van der Waals surface area contributed by atoms with Crippen LogP contribution in [0.25, 0.3) is 6.08 Å². The lowest BCUT2D eigenvalue weighted by Crippen LogP contribution is -2.27. The lowest BCUT2D eigenvalue weighted by Gasteiger charge is -2.13. The standard InChI is InChI=1S/C20H17FINO4S/c1-3-27-16-9-13(8-15(22)18(16)26-2)10-17-19(24)23(20(25)28-17)11-12-4-6-14(21)7-5-12/h4-10H,3,11H2,1-2H3/b17-10-. The van der Waals surface area contributed by atoms with Gasteiger partial charge in [-0.15, -0.1) is 0 Å². The molecule has 0 unspecified atom stereocenters. The highest BCUT2D eigenvalue weighted by Gasteiger charge is 2.35. The second kappa shape index (κ2) is 8.95. The Morgan fingerprint density at radius 1 is 1.21 bits per heavy atom. The fraction of sp³-hybridized carbons (Fsp3) is 0.200. The Bertz CT molecular complexity index is 946. The highest BCUT2D eigenvalue weighted by molar-refractivity contribution is 14.1. The van der Waals surface area contributed by atoms with Crippen molar-refractivity contribution in [1.29, 1.82) is 0 Å². The first-order chi connectivity index (χ1) is 13.4. The molecule has 146 valence electrons. The van der Waals surface area contributed by atoms with E-state index in [0.717, 1.165) is 25.8 Å². The molecule has 8 heteroatoms.